The summed E-state index contributed by atoms with van der Waals surface area (Å²) in [6, 6.07) is 0. The van der Waals surface area contributed by atoms with Crippen LogP contribution < -0.4 is 0 Å². The van der Waals surface area contributed by atoms with Gasteiger partial charge in [-0.05, 0) is 12.3 Å². The highest BCUT2D eigenvalue weighted by Crippen LogP contribution is 2.69. The van der Waals surface area contributed by atoms with Crippen molar-refractivity contribution in [1.82, 2.24) is 0 Å². The molecule has 1 saturated carbocycles. The van der Waals surface area contributed by atoms with E-state index in [1.54, 1.807) is 0 Å². The van der Waals surface area contributed by atoms with Gasteiger partial charge in [-0.25, -0.2) is 0 Å². The second-order valence-corrected chi connectivity index (χ2v) is 4.17. The Morgan fingerprint density at radius 3 is 1.93 bits per heavy atom. The molecule has 0 aliphatic heterocycles. The van der Waals surface area contributed by atoms with Crippen LogP contribution >= 0.6 is 11.6 Å². The summed E-state index contributed by atoms with van der Waals surface area (Å²) in [6.07, 6.45) is -10.2. The first-order valence-electron chi connectivity index (χ1n) is 4.26. The van der Waals surface area contributed by atoms with Gasteiger partial charge in [0.15, 0.2) is 0 Å². The summed E-state index contributed by atoms with van der Waals surface area (Å²) < 4.78 is 74.5. The Morgan fingerprint density at radius 1 is 1.27 bits per heavy atom. The topological polar surface area (TPSA) is 0 Å². The van der Waals surface area contributed by atoms with Crippen LogP contribution in [0.25, 0.3) is 0 Å². The van der Waals surface area contributed by atoms with Gasteiger partial charge in [0.05, 0.1) is 11.3 Å². The summed E-state index contributed by atoms with van der Waals surface area (Å²) >= 11 is 5.22. The second kappa shape index (κ2) is 3.43. The molecular formula is C8H9ClF6. The summed E-state index contributed by atoms with van der Waals surface area (Å²) in [4.78, 5) is 0. The van der Waals surface area contributed by atoms with Crippen LogP contribution in [0, 0.1) is 17.3 Å². The molecule has 0 heterocycles. The molecule has 1 aliphatic carbocycles. The highest BCUT2D eigenvalue weighted by molar-refractivity contribution is 6.18. The first-order chi connectivity index (χ1) is 6.57. The van der Waals surface area contributed by atoms with Crippen molar-refractivity contribution in [3.05, 3.63) is 0 Å². The molecule has 1 fully saturated rings. The van der Waals surface area contributed by atoms with Crippen LogP contribution in [0.15, 0.2) is 0 Å². The maximum Gasteiger partial charge on any atom is 0.395 e. The summed E-state index contributed by atoms with van der Waals surface area (Å²) in [5.41, 5.74) is -2.66. The number of hydrogen-bond donors (Lipinski definition) is 0. The van der Waals surface area contributed by atoms with E-state index >= 15 is 0 Å². The highest BCUT2D eigenvalue weighted by Gasteiger charge is 2.76. The SMILES string of the molecule is CC(C(F)(F)F)C1(C(F)(F)F)CC1CCl. The molecule has 0 aromatic heterocycles. The van der Waals surface area contributed by atoms with Gasteiger partial charge in [0.1, 0.15) is 0 Å². The fourth-order valence-corrected chi connectivity index (χ4v) is 2.34. The summed E-state index contributed by atoms with van der Waals surface area (Å²) in [5, 5.41) is 0. The number of rotatable bonds is 2. The van der Waals surface area contributed by atoms with E-state index in [1.165, 1.54) is 0 Å². The average molecular weight is 255 g/mol. The van der Waals surface area contributed by atoms with E-state index < -0.39 is 36.0 Å². The lowest BCUT2D eigenvalue weighted by molar-refractivity contribution is -0.265. The molecule has 0 spiro atoms. The first kappa shape index (κ1) is 12.9. The minimum absolute atomic E-state index is 0.389. The van der Waals surface area contributed by atoms with Crippen LogP contribution in [0.1, 0.15) is 13.3 Å². The lowest BCUT2D eigenvalue weighted by Gasteiger charge is -2.29. The zero-order chi connectivity index (χ0) is 12.1. The third-order valence-electron chi connectivity index (χ3n) is 3.13. The van der Waals surface area contributed by atoms with Crippen molar-refractivity contribution in [2.75, 3.05) is 5.88 Å². The van der Waals surface area contributed by atoms with E-state index in [0.29, 0.717) is 6.92 Å². The summed E-state index contributed by atoms with van der Waals surface area (Å²) in [6.45, 7) is 0.569. The molecule has 3 unspecified atom stereocenters. The van der Waals surface area contributed by atoms with Gasteiger partial charge in [0.25, 0.3) is 0 Å². The van der Waals surface area contributed by atoms with Crippen LogP contribution in [0.2, 0.25) is 0 Å². The largest absolute Gasteiger partial charge is 0.395 e. The summed E-state index contributed by atoms with van der Waals surface area (Å²) in [7, 11) is 0. The Hall–Kier alpha value is -0.130. The molecule has 0 aromatic rings. The molecule has 1 aliphatic rings. The van der Waals surface area contributed by atoms with Gasteiger partial charge >= 0.3 is 12.4 Å². The maximum absolute atomic E-state index is 12.6. The molecule has 0 radical (unpaired) electrons. The van der Waals surface area contributed by atoms with E-state index in [-0.39, 0.29) is 5.88 Å². The molecule has 0 bridgehead atoms. The molecule has 0 saturated heterocycles. The van der Waals surface area contributed by atoms with Crippen LogP contribution in [0.3, 0.4) is 0 Å². The molecule has 1 rings (SSSR count). The fourth-order valence-electron chi connectivity index (χ4n) is 1.96. The van der Waals surface area contributed by atoms with Crippen LogP contribution in [-0.4, -0.2) is 18.2 Å². The lowest BCUT2D eigenvalue weighted by atomic mass is 9.87. The average Bonchev–Trinajstić information content (AvgIpc) is 2.74. The normalized spacial score (nSPS) is 34.0. The Kier molecular flexibility index (Phi) is 2.96. The van der Waals surface area contributed by atoms with Crippen LogP contribution in [0.5, 0.6) is 0 Å². The second-order valence-electron chi connectivity index (χ2n) is 3.86. The third kappa shape index (κ3) is 1.92. The Bertz CT molecular complexity index is 244. The number of hydrogen-bond acceptors (Lipinski definition) is 0. The minimum Gasteiger partial charge on any atom is -0.171 e. The maximum atomic E-state index is 12.6. The molecule has 3 atom stereocenters. The van der Waals surface area contributed by atoms with Crippen molar-refractivity contribution < 1.29 is 26.3 Å². The van der Waals surface area contributed by atoms with Gasteiger partial charge in [-0.15, -0.1) is 11.6 Å². The molecule has 0 amide bonds. The monoisotopic (exact) mass is 254 g/mol. The van der Waals surface area contributed by atoms with E-state index in [9.17, 15) is 26.3 Å². The third-order valence-corrected chi connectivity index (χ3v) is 3.50. The van der Waals surface area contributed by atoms with Gasteiger partial charge in [-0.2, -0.15) is 26.3 Å². The van der Waals surface area contributed by atoms with Crippen molar-refractivity contribution in [3.8, 4) is 0 Å². The minimum atomic E-state index is -4.85. The fraction of sp³-hybridized carbons (Fsp3) is 1.00. The van der Waals surface area contributed by atoms with Gasteiger partial charge in [-0.1, -0.05) is 6.92 Å². The summed E-state index contributed by atoms with van der Waals surface area (Å²) in [5.74, 6) is -3.90. The van der Waals surface area contributed by atoms with Crippen LogP contribution in [0.4, 0.5) is 26.3 Å². The molecule has 0 N–H and O–H groups in total. The standard InChI is InChI=1S/C8H9ClF6/c1-4(7(10,11)12)6(8(13,14)15)2-5(6)3-9/h4-5H,2-3H2,1H3. The Morgan fingerprint density at radius 2 is 1.73 bits per heavy atom. The van der Waals surface area contributed by atoms with Gasteiger partial charge < -0.3 is 0 Å². The first-order valence-corrected chi connectivity index (χ1v) is 4.80. The van der Waals surface area contributed by atoms with Crippen molar-refractivity contribution in [1.29, 1.82) is 0 Å². The van der Waals surface area contributed by atoms with Crippen molar-refractivity contribution >= 4 is 11.6 Å². The number of halogens is 7. The smallest absolute Gasteiger partial charge is 0.171 e. The molecule has 0 aromatic carbocycles. The van der Waals surface area contributed by atoms with E-state index in [4.69, 9.17) is 11.6 Å². The van der Waals surface area contributed by atoms with Crippen molar-refractivity contribution in [2.24, 2.45) is 17.3 Å². The number of alkyl halides is 7. The van der Waals surface area contributed by atoms with Gasteiger partial charge in [-0.3, -0.25) is 0 Å². The van der Waals surface area contributed by atoms with Crippen molar-refractivity contribution in [2.45, 2.75) is 25.7 Å². The lowest BCUT2D eigenvalue weighted by Crippen LogP contribution is -2.40. The molecule has 7 heteroatoms. The zero-order valence-corrected chi connectivity index (χ0v) is 8.47. The zero-order valence-electron chi connectivity index (χ0n) is 7.71. The Balaban J connectivity index is 2.97. The highest BCUT2D eigenvalue weighted by atomic mass is 35.5. The molecular weight excluding hydrogens is 246 g/mol. The Labute approximate surface area is 87.6 Å². The van der Waals surface area contributed by atoms with E-state index in [2.05, 4.69) is 0 Å². The van der Waals surface area contributed by atoms with Gasteiger partial charge in [0.2, 0.25) is 0 Å². The van der Waals surface area contributed by atoms with E-state index in [0.717, 1.165) is 0 Å². The predicted molar refractivity (Wildman–Crippen MR) is 42.5 cm³/mol. The van der Waals surface area contributed by atoms with Crippen molar-refractivity contribution in [3.63, 3.8) is 0 Å². The predicted octanol–water partition coefficient (Wildman–Crippen LogP) is 3.99. The van der Waals surface area contributed by atoms with Crippen LogP contribution in [-0.2, 0) is 0 Å². The quantitative estimate of drug-likeness (QED) is 0.516. The van der Waals surface area contributed by atoms with Gasteiger partial charge in [0, 0.05) is 5.88 Å². The molecule has 0 nitrogen and oxygen atoms in total. The molecule has 90 valence electrons. The van der Waals surface area contributed by atoms with E-state index in [1.807, 2.05) is 0 Å². The molecule has 15 heavy (non-hydrogen) atoms.